The Labute approximate surface area is 148 Å². The Morgan fingerprint density at radius 2 is 2.42 bits per heavy atom. The van der Waals surface area contributed by atoms with Crippen LogP contribution in [0.4, 0.5) is 0 Å². The predicted molar refractivity (Wildman–Crippen MR) is 90.8 cm³/mol. The van der Waals surface area contributed by atoms with Crippen LogP contribution in [0.2, 0.25) is 0 Å². The number of hydrogen-bond acceptors (Lipinski definition) is 8. The number of nitrogens with zero attached hydrogens (tertiary/aromatic N) is 2. The molecule has 7 nitrogen and oxygen atoms in total. The SMILES string of the molecule is COc1nc(C)c(C(=O)N[C@@H]2COCC[C@@H]2OCc2cscn2)s1. The van der Waals surface area contributed by atoms with Crippen LogP contribution in [0.3, 0.4) is 0 Å². The molecule has 0 spiro atoms. The molecule has 2 atom stereocenters. The second kappa shape index (κ2) is 8.02. The molecule has 3 rings (SSSR count). The van der Waals surface area contributed by atoms with E-state index in [1.165, 1.54) is 29.8 Å². The first-order chi connectivity index (χ1) is 11.7. The van der Waals surface area contributed by atoms with Gasteiger partial charge in [-0.1, -0.05) is 11.3 Å². The molecule has 0 aromatic carbocycles. The van der Waals surface area contributed by atoms with Crippen LogP contribution in [-0.2, 0) is 16.1 Å². The fourth-order valence-electron chi connectivity index (χ4n) is 2.46. The number of carbonyl (C=O) groups is 1. The number of thiazole rings is 2. The van der Waals surface area contributed by atoms with E-state index in [9.17, 15) is 4.79 Å². The normalized spacial score (nSPS) is 20.8. The van der Waals surface area contributed by atoms with Gasteiger partial charge in [0.2, 0.25) is 0 Å². The third-order valence-electron chi connectivity index (χ3n) is 3.70. The predicted octanol–water partition coefficient (Wildman–Crippen LogP) is 2.02. The number of hydrogen-bond donors (Lipinski definition) is 1. The Morgan fingerprint density at radius 3 is 3.12 bits per heavy atom. The number of amides is 1. The third-order valence-corrected chi connectivity index (χ3v) is 5.45. The van der Waals surface area contributed by atoms with Gasteiger partial charge < -0.3 is 19.5 Å². The van der Waals surface area contributed by atoms with Crippen LogP contribution in [0.25, 0.3) is 0 Å². The Kier molecular flexibility index (Phi) is 5.77. The van der Waals surface area contributed by atoms with Gasteiger partial charge in [-0.25, -0.2) is 9.97 Å². The summed E-state index contributed by atoms with van der Waals surface area (Å²) in [6, 6.07) is -0.197. The number of aryl methyl sites for hydroxylation is 1. The second-order valence-electron chi connectivity index (χ2n) is 5.37. The van der Waals surface area contributed by atoms with Gasteiger partial charge in [0.05, 0.1) is 49.4 Å². The highest BCUT2D eigenvalue weighted by Gasteiger charge is 2.29. The zero-order valence-corrected chi connectivity index (χ0v) is 15.1. The summed E-state index contributed by atoms with van der Waals surface area (Å²) >= 11 is 2.77. The lowest BCUT2D eigenvalue weighted by Crippen LogP contribution is -2.50. The summed E-state index contributed by atoms with van der Waals surface area (Å²) in [4.78, 5) is 21.5. The van der Waals surface area contributed by atoms with Crippen LogP contribution in [0.5, 0.6) is 5.19 Å². The minimum Gasteiger partial charge on any atom is -0.473 e. The first kappa shape index (κ1) is 17.3. The average molecular weight is 369 g/mol. The van der Waals surface area contributed by atoms with Crippen molar-refractivity contribution in [1.82, 2.24) is 15.3 Å². The average Bonchev–Trinajstić information content (AvgIpc) is 3.23. The van der Waals surface area contributed by atoms with Gasteiger partial charge in [-0.15, -0.1) is 11.3 Å². The van der Waals surface area contributed by atoms with E-state index in [1.807, 2.05) is 5.38 Å². The van der Waals surface area contributed by atoms with E-state index in [0.717, 1.165) is 12.1 Å². The highest BCUT2D eigenvalue weighted by molar-refractivity contribution is 7.15. The van der Waals surface area contributed by atoms with Gasteiger partial charge in [0.25, 0.3) is 11.1 Å². The van der Waals surface area contributed by atoms with E-state index in [4.69, 9.17) is 14.2 Å². The number of ether oxygens (including phenoxy) is 3. The summed E-state index contributed by atoms with van der Waals surface area (Å²) in [7, 11) is 1.54. The summed E-state index contributed by atoms with van der Waals surface area (Å²) in [5.74, 6) is -0.175. The van der Waals surface area contributed by atoms with Gasteiger partial charge in [-0.05, 0) is 13.3 Å². The maximum atomic E-state index is 12.5. The number of methoxy groups -OCH3 is 1. The Hall–Kier alpha value is -1.55. The summed E-state index contributed by atoms with van der Waals surface area (Å²) in [6.07, 6.45) is 0.639. The zero-order valence-electron chi connectivity index (χ0n) is 13.5. The van der Waals surface area contributed by atoms with Crippen molar-refractivity contribution in [2.45, 2.75) is 32.1 Å². The largest absolute Gasteiger partial charge is 0.473 e. The monoisotopic (exact) mass is 369 g/mol. The molecule has 3 heterocycles. The van der Waals surface area contributed by atoms with Crippen molar-refractivity contribution in [3.05, 3.63) is 27.2 Å². The molecule has 0 radical (unpaired) electrons. The minimum atomic E-state index is -0.197. The molecule has 1 aliphatic heterocycles. The molecule has 2 aromatic rings. The molecule has 9 heteroatoms. The minimum absolute atomic E-state index is 0.0977. The smallest absolute Gasteiger partial charge is 0.273 e. The summed E-state index contributed by atoms with van der Waals surface area (Å²) in [5, 5.41) is 5.44. The van der Waals surface area contributed by atoms with Gasteiger partial charge >= 0.3 is 0 Å². The zero-order chi connectivity index (χ0) is 16.9. The Bertz CT molecular complexity index is 674. The lowest BCUT2D eigenvalue weighted by Gasteiger charge is -2.31. The first-order valence-corrected chi connectivity index (χ1v) is 9.32. The lowest BCUT2D eigenvalue weighted by molar-refractivity contribution is -0.0611. The fourth-order valence-corrected chi connectivity index (χ4v) is 3.79. The third kappa shape index (κ3) is 4.10. The molecule has 0 saturated carbocycles. The standard InChI is InChI=1S/C15H19N3O4S2/c1-9-13(24-15(17-9)20-2)14(19)18-11-6-21-4-3-12(11)22-5-10-7-23-8-16-10/h7-8,11-12H,3-6H2,1-2H3,(H,18,19)/t11-,12+/m1/s1. The van der Waals surface area contributed by atoms with Crippen molar-refractivity contribution in [2.75, 3.05) is 20.3 Å². The van der Waals surface area contributed by atoms with Crippen LogP contribution in [0.15, 0.2) is 10.9 Å². The lowest BCUT2D eigenvalue weighted by atomic mass is 10.1. The van der Waals surface area contributed by atoms with Gasteiger partial charge in [0, 0.05) is 12.0 Å². The molecule has 0 aliphatic carbocycles. The van der Waals surface area contributed by atoms with Crippen molar-refractivity contribution < 1.29 is 19.0 Å². The van der Waals surface area contributed by atoms with Crippen LogP contribution in [-0.4, -0.2) is 48.3 Å². The van der Waals surface area contributed by atoms with E-state index >= 15 is 0 Å². The van der Waals surface area contributed by atoms with Gasteiger partial charge in [-0.2, -0.15) is 0 Å². The highest BCUT2D eigenvalue weighted by atomic mass is 32.1. The van der Waals surface area contributed by atoms with E-state index in [2.05, 4.69) is 15.3 Å². The van der Waals surface area contributed by atoms with Crippen molar-refractivity contribution in [3.63, 3.8) is 0 Å². The molecule has 1 aliphatic rings. The highest BCUT2D eigenvalue weighted by Crippen LogP contribution is 2.24. The van der Waals surface area contributed by atoms with Gasteiger partial charge in [0.15, 0.2) is 0 Å². The topological polar surface area (TPSA) is 82.6 Å². The molecule has 130 valence electrons. The molecule has 1 amide bonds. The fraction of sp³-hybridized carbons (Fsp3) is 0.533. The van der Waals surface area contributed by atoms with Gasteiger partial charge in [0.1, 0.15) is 4.88 Å². The number of aromatic nitrogens is 2. The van der Waals surface area contributed by atoms with Gasteiger partial charge in [-0.3, -0.25) is 4.79 Å². The van der Waals surface area contributed by atoms with E-state index in [1.54, 1.807) is 12.4 Å². The molecule has 1 N–H and O–H groups in total. The maximum absolute atomic E-state index is 12.5. The second-order valence-corrected chi connectivity index (χ2v) is 7.05. The van der Waals surface area contributed by atoms with Crippen molar-refractivity contribution >= 4 is 28.6 Å². The summed E-state index contributed by atoms with van der Waals surface area (Å²) in [5.41, 5.74) is 3.34. The Balaban J connectivity index is 1.62. The van der Waals surface area contributed by atoms with E-state index < -0.39 is 0 Å². The van der Waals surface area contributed by atoms with Crippen LogP contribution in [0.1, 0.15) is 27.5 Å². The van der Waals surface area contributed by atoms with Crippen molar-refractivity contribution in [3.8, 4) is 5.19 Å². The summed E-state index contributed by atoms with van der Waals surface area (Å²) < 4.78 is 16.5. The van der Waals surface area contributed by atoms with E-state index in [0.29, 0.717) is 35.6 Å². The van der Waals surface area contributed by atoms with Crippen LogP contribution < -0.4 is 10.1 Å². The molecule has 0 unspecified atom stereocenters. The van der Waals surface area contributed by atoms with E-state index in [-0.39, 0.29) is 18.1 Å². The first-order valence-electron chi connectivity index (χ1n) is 7.56. The molecule has 2 aromatic heterocycles. The maximum Gasteiger partial charge on any atom is 0.273 e. The molecular weight excluding hydrogens is 350 g/mol. The van der Waals surface area contributed by atoms with Crippen LogP contribution in [0, 0.1) is 6.92 Å². The molecule has 24 heavy (non-hydrogen) atoms. The molecule has 0 bridgehead atoms. The van der Waals surface area contributed by atoms with Crippen molar-refractivity contribution in [1.29, 1.82) is 0 Å². The molecule has 1 saturated heterocycles. The molecular formula is C15H19N3O4S2. The Morgan fingerprint density at radius 1 is 1.54 bits per heavy atom. The summed E-state index contributed by atoms with van der Waals surface area (Å²) in [6.45, 7) is 3.29. The quantitative estimate of drug-likeness (QED) is 0.839. The van der Waals surface area contributed by atoms with Crippen LogP contribution >= 0.6 is 22.7 Å². The number of nitrogens with one attached hydrogen (secondary N) is 1. The van der Waals surface area contributed by atoms with Crippen molar-refractivity contribution in [2.24, 2.45) is 0 Å². The number of rotatable bonds is 6. The molecule has 1 fully saturated rings. The number of carbonyl (C=O) groups excluding carboxylic acids is 1.